The molecule has 0 aliphatic carbocycles. The summed E-state index contributed by atoms with van der Waals surface area (Å²) < 4.78 is 19.2. The van der Waals surface area contributed by atoms with E-state index < -0.39 is 0 Å². The third-order valence-electron chi connectivity index (χ3n) is 4.36. The first kappa shape index (κ1) is 23.9. The topological polar surface area (TPSA) is 30.9 Å². The molecule has 156 valence electrons. The van der Waals surface area contributed by atoms with Crippen molar-refractivity contribution in [3.63, 3.8) is 0 Å². The van der Waals surface area contributed by atoms with Crippen LogP contribution in [0.3, 0.4) is 0 Å². The molecule has 3 unspecified atom stereocenters. The number of piperidine rings is 1. The van der Waals surface area contributed by atoms with E-state index in [1.807, 2.05) is 0 Å². The van der Waals surface area contributed by atoms with E-state index in [-0.39, 0.29) is 40.5 Å². The van der Waals surface area contributed by atoms with Crippen molar-refractivity contribution in [1.29, 1.82) is 0 Å². The van der Waals surface area contributed by atoms with Crippen LogP contribution in [0.25, 0.3) is 0 Å². The number of nitrogens with zero attached hydrogens (tertiary/aromatic N) is 1. The Hall–Kier alpha value is -0.160. The van der Waals surface area contributed by atoms with E-state index >= 15 is 0 Å². The molecule has 0 aromatic heterocycles. The second-order valence-corrected chi connectivity index (χ2v) is 11.7. The SMILES string of the molecule is CC(C)(C)OCC1CN(C(C)(C)C)CC(OC(C)(C)C)C1OC(C)(C)C. The molecule has 26 heavy (non-hydrogen) atoms. The molecule has 1 aliphatic rings. The van der Waals surface area contributed by atoms with Gasteiger partial charge < -0.3 is 14.2 Å². The van der Waals surface area contributed by atoms with Crippen LogP contribution in [0.15, 0.2) is 0 Å². The molecule has 0 aromatic rings. The summed E-state index contributed by atoms with van der Waals surface area (Å²) in [7, 11) is 0. The van der Waals surface area contributed by atoms with Crippen LogP contribution in [0.4, 0.5) is 0 Å². The van der Waals surface area contributed by atoms with Crippen molar-refractivity contribution in [3.05, 3.63) is 0 Å². The highest BCUT2D eigenvalue weighted by atomic mass is 16.6. The van der Waals surface area contributed by atoms with Gasteiger partial charge in [0.2, 0.25) is 0 Å². The van der Waals surface area contributed by atoms with Crippen molar-refractivity contribution in [1.82, 2.24) is 4.90 Å². The smallest absolute Gasteiger partial charge is 0.0974 e. The highest BCUT2D eigenvalue weighted by molar-refractivity contribution is 4.95. The van der Waals surface area contributed by atoms with E-state index in [2.05, 4.69) is 88.0 Å². The molecule has 3 atom stereocenters. The molecular weight excluding hydrogens is 326 g/mol. The monoisotopic (exact) mass is 371 g/mol. The number of ether oxygens (including phenoxy) is 3. The van der Waals surface area contributed by atoms with Crippen molar-refractivity contribution >= 4 is 0 Å². The lowest BCUT2D eigenvalue weighted by molar-refractivity contribution is -0.219. The molecule has 4 nitrogen and oxygen atoms in total. The van der Waals surface area contributed by atoms with Crippen molar-refractivity contribution < 1.29 is 14.2 Å². The van der Waals surface area contributed by atoms with Gasteiger partial charge in [-0.1, -0.05) is 0 Å². The Morgan fingerprint density at radius 3 is 1.58 bits per heavy atom. The molecule has 0 bridgehead atoms. The average molecular weight is 372 g/mol. The predicted octanol–water partition coefficient (Wildman–Crippen LogP) is 4.90. The molecule has 0 N–H and O–H groups in total. The Morgan fingerprint density at radius 2 is 1.19 bits per heavy atom. The summed E-state index contributed by atoms with van der Waals surface area (Å²) in [5, 5.41) is 0. The molecule has 0 aromatic carbocycles. The van der Waals surface area contributed by atoms with E-state index in [0.29, 0.717) is 6.61 Å². The average Bonchev–Trinajstić information content (AvgIpc) is 2.33. The van der Waals surface area contributed by atoms with Crippen molar-refractivity contribution in [3.8, 4) is 0 Å². The van der Waals surface area contributed by atoms with E-state index in [1.165, 1.54) is 0 Å². The maximum absolute atomic E-state index is 6.54. The summed E-state index contributed by atoms with van der Waals surface area (Å²) >= 11 is 0. The van der Waals surface area contributed by atoms with E-state index in [9.17, 15) is 0 Å². The molecule has 1 heterocycles. The molecule has 0 radical (unpaired) electrons. The van der Waals surface area contributed by atoms with Crippen LogP contribution in [0.2, 0.25) is 0 Å². The van der Waals surface area contributed by atoms with Crippen molar-refractivity contribution in [2.75, 3.05) is 19.7 Å². The summed E-state index contributed by atoms with van der Waals surface area (Å²) in [6.45, 7) is 28.4. The molecule has 1 rings (SSSR count). The Kier molecular flexibility index (Phi) is 7.41. The second kappa shape index (κ2) is 8.06. The van der Waals surface area contributed by atoms with Gasteiger partial charge in [0.25, 0.3) is 0 Å². The van der Waals surface area contributed by atoms with E-state index in [0.717, 1.165) is 13.1 Å². The first-order chi connectivity index (χ1) is 11.4. The molecule has 0 amide bonds. The standard InChI is InChI=1S/C22H45NO3/c1-19(2,3)23-13-16(15-24-20(4,5)6)18(26-22(10,11)12)17(14-23)25-21(7,8)9/h16-18H,13-15H2,1-12H3. The van der Waals surface area contributed by atoms with Crippen molar-refractivity contribution in [2.45, 2.75) is 118 Å². The first-order valence-electron chi connectivity index (χ1n) is 10.1. The fourth-order valence-corrected chi connectivity index (χ4v) is 3.28. The maximum atomic E-state index is 6.54. The fourth-order valence-electron chi connectivity index (χ4n) is 3.28. The summed E-state index contributed by atoms with van der Waals surface area (Å²) in [6, 6.07) is 0. The predicted molar refractivity (Wildman–Crippen MR) is 110 cm³/mol. The van der Waals surface area contributed by atoms with Gasteiger partial charge in [0.05, 0.1) is 35.6 Å². The molecule has 4 heteroatoms. The molecule has 1 saturated heterocycles. The third kappa shape index (κ3) is 8.69. The molecule has 0 spiro atoms. The van der Waals surface area contributed by atoms with E-state index in [1.54, 1.807) is 0 Å². The molecule has 0 saturated carbocycles. The maximum Gasteiger partial charge on any atom is 0.0974 e. The van der Waals surface area contributed by atoms with Crippen LogP contribution in [-0.4, -0.2) is 59.1 Å². The van der Waals surface area contributed by atoms with Crippen LogP contribution in [0.5, 0.6) is 0 Å². The summed E-state index contributed by atoms with van der Waals surface area (Å²) in [6.07, 6.45) is 0.0472. The zero-order valence-electron chi connectivity index (χ0n) is 19.5. The largest absolute Gasteiger partial charge is 0.375 e. The van der Waals surface area contributed by atoms with Crippen LogP contribution < -0.4 is 0 Å². The Bertz CT molecular complexity index is 434. The van der Waals surface area contributed by atoms with Gasteiger partial charge in [0.15, 0.2) is 0 Å². The molecule has 1 aliphatic heterocycles. The Balaban J connectivity index is 3.14. The second-order valence-electron chi connectivity index (χ2n) is 11.7. The number of hydrogen-bond donors (Lipinski definition) is 0. The van der Waals surface area contributed by atoms with Gasteiger partial charge in [0, 0.05) is 24.5 Å². The van der Waals surface area contributed by atoms with Gasteiger partial charge in [-0.3, -0.25) is 4.90 Å². The summed E-state index contributed by atoms with van der Waals surface area (Å²) in [5.41, 5.74) is -0.489. The summed E-state index contributed by atoms with van der Waals surface area (Å²) in [5.74, 6) is 0.272. The molecular formula is C22H45NO3. The van der Waals surface area contributed by atoms with Gasteiger partial charge in [-0.25, -0.2) is 0 Å². The van der Waals surface area contributed by atoms with Crippen LogP contribution in [0.1, 0.15) is 83.1 Å². The van der Waals surface area contributed by atoms with Gasteiger partial charge >= 0.3 is 0 Å². The fraction of sp³-hybridized carbons (Fsp3) is 1.00. The lowest BCUT2D eigenvalue weighted by Gasteiger charge is -2.51. The molecule has 1 fully saturated rings. The lowest BCUT2D eigenvalue weighted by atomic mass is 9.88. The first-order valence-corrected chi connectivity index (χ1v) is 10.1. The van der Waals surface area contributed by atoms with E-state index in [4.69, 9.17) is 14.2 Å². The minimum Gasteiger partial charge on any atom is -0.375 e. The number of rotatable bonds is 4. The number of hydrogen-bond acceptors (Lipinski definition) is 4. The highest BCUT2D eigenvalue weighted by Crippen LogP contribution is 2.33. The lowest BCUT2D eigenvalue weighted by Crippen LogP contribution is -2.62. The Labute approximate surface area is 162 Å². The van der Waals surface area contributed by atoms with Gasteiger partial charge in [0.1, 0.15) is 0 Å². The van der Waals surface area contributed by atoms with Crippen LogP contribution >= 0.6 is 0 Å². The Morgan fingerprint density at radius 1 is 0.692 bits per heavy atom. The van der Waals surface area contributed by atoms with Crippen LogP contribution in [0, 0.1) is 5.92 Å². The zero-order valence-corrected chi connectivity index (χ0v) is 19.5. The highest BCUT2D eigenvalue weighted by Gasteiger charge is 2.44. The van der Waals surface area contributed by atoms with Crippen molar-refractivity contribution in [2.24, 2.45) is 5.92 Å². The van der Waals surface area contributed by atoms with Gasteiger partial charge in [-0.15, -0.1) is 0 Å². The number of likely N-dealkylation sites (tertiary alicyclic amines) is 1. The third-order valence-corrected chi connectivity index (χ3v) is 4.36. The zero-order chi connectivity index (χ0) is 20.6. The summed E-state index contributed by atoms with van der Waals surface area (Å²) in [4.78, 5) is 2.52. The van der Waals surface area contributed by atoms with Gasteiger partial charge in [-0.05, 0) is 83.1 Å². The minimum absolute atomic E-state index is 0.0233. The van der Waals surface area contributed by atoms with Crippen LogP contribution in [-0.2, 0) is 14.2 Å². The minimum atomic E-state index is -0.214. The van der Waals surface area contributed by atoms with Gasteiger partial charge in [-0.2, -0.15) is 0 Å². The quantitative estimate of drug-likeness (QED) is 0.703. The normalized spacial score (nSPS) is 27.0.